The Bertz CT molecular complexity index is 1340. The third-order valence-electron chi connectivity index (χ3n) is 7.81. The fraction of sp³-hybridized carbons (Fsp3) is 0.615. The molecule has 1 amide bonds. The number of rotatable bonds is 4. The highest BCUT2D eigenvalue weighted by atomic mass is 35.5. The van der Waals surface area contributed by atoms with Crippen LogP contribution in [0.5, 0.6) is 6.01 Å². The summed E-state index contributed by atoms with van der Waals surface area (Å²) in [5, 5.41) is -0.00648. The van der Waals surface area contributed by atoms with Gasteiger partial charge in [0.05, 0.1) is 29.6 Å². The highest BCUT2D eigenvalue weighted by molar-refractivity contribution is 6.30. The molecular weight excluding hydrogens is 537 g/mol. The number of amides is 1. The minimum Gasteiger partial charge on any atom is -0.461 e. The third-order valence-corrected chi connectivity index (χ3v) is 8.07. The van der Waals surface area contributed by atoms with Crippen LogP contribution in [0.25, 0.3) is 10.9 Å². The standard InChI is InChI=1S/C26H30ClF3N6O3/c1-24(2,3)39-23(37)36-15-5-6-16(36)11-34(10-15)21-17-9-31-20(27)18(28)19(17)32-22(33-21)38-14-25-7-4-8-35(25)13-26(29,30)12-25/h5-6,9,15-16H,4,7-8,10-14H2,1-3H3/t15-,16-,25-/m0/s1. The topological polar surface area (TPSA) is 83.9 Å². The van der Waals surface area contributed by atoms with Crippen LogP contribution in [0.3, 0.4) is 0 Å². The van der Waals surface area contributed by atoms with Crippen molar-refractivity contribution in [2.24, 2.45) is 0 Å². The van der Waals surface area contributed by atoms with Gasteiger partial charge in [0.15, 0.2) is 11.0 Å². The maximum Gasteiger partial charge on any atom is 0.411 e. The zero-order valence-corrected chi connectivity index (χ0v) is 22.7. The Labute approximate surface area is 228 Å². The highest BCUT2D eigenvalue weighted by Gasteiger charge is 2.57. The van der Waals surface area contributed by atoms with Gasteiger partial charge in [-0.3, -0.25) is 9.80 Å². The minimum absolute atomic E-state index is 0.0345. The summed E-state index contributed by atoms with van der Waals surface area (Å²) < 4.78 is 55.2. The molecule has 39 heavy (non-hydrogen) atoms. The summed E-state index contributed by atoms with van der Waals surface area (Å²) in [6, 6.07) is -0.695. The van der Waals surface area contributed by atoms with Gasteiger partial charge in [0.2, 0.25) is 0 Å². The quantitative estimate of drug-likeness (QED) is 0.397. The fourth-order valence-corrected chi connectivity index (χ4v) is 6.38. The average molecular weight is 567 g/mol. The lowest BCUT2D eigenvalue weighted by molar-refractivity contribution is 0.00796. The minimum atomic E-state index is -2.79. The Morgan fingerprint density at radius 1 is 1.21 bits per heavy atom. The monoisotopic (exact) mass is 566 g/mol. The molecule has 210 valence electrons. The second kappa shape index (κ2) is 9.09. The number of fused-ring (bicyclic) bond motifs is 4. The molecule has 2 aromatic heterocycles. The summed E-state index contributed by atoms with van der Waals surface area (Å²) in [5.41, 5.74) is -1.51. The number of hydrogen-bond acceptors (Lipinski definition) is 8. The van der Waals surface area contributed by atoms with Crippen molar-refractivity contribution in [3.05, 3.63) is 29.3 Å². The largest absolute Gasteiger partial charge is 0.461 e. The second-order valence-corrected chi connectivity index (χ2v) is 12.2. The molecule has 3 atom stereocenters. The first-order chi connectivity index (χ1) is 18.3. The summed E-state index contributed by atoms with van der Waals surface area (Å²) in [7, 11) is 0. The smallest absolute Gasteiger partial charge is 0.411 e. The first-order valence-electron chi connectivity index (χ1n) is 13.1. The van der Waals surface area contributed by atoms with E-state index in [9.17, 15) is 13.6 Å². The van der Waals surface area contributed by atoms with Crippen LogP contribution in [0.2, 0.25) is 5.15 Å². The van der Waals surface area contributed by atoms with Crippen molar-refractivity contribution in [3.63, 3.8) is 0 Å². The van der Waals surface area contributed by atoms with Crippen LogP contribution in [0.1, 0.15) is 40.0 Å². The number of aromatic nitrogens is 3. The van der Waals surface area contributed by atoms with E-state index in [2.05, 4.69) is 15.0 Å². The summed E-state index contributed by atoms with van der Waals surface area (Å²) in [6.07, 6.45) is 5.97. The van der Waals surface area contributed by atoms with Crippen LogP contribution in [0.4, 0.5) is 23.8 Å². The van der Waals surface area contributed by atoms with Gasteiger partial charge in [0.1, 0.15) is 23.5 Å². The Morgan fingerprint density at radius 2 is 1.92 bits per heavy atom. The molecule has 0 aliphatic carbocycles. The molecule has 0 N–H and O–H groups in total. The lowest BCUT2D eigenvalue weighted by Crippen LogP contribution is -2.57. The van der Waals surface area contributed by atoms with Crippen LogP contribution < -0.4 is 9.64 Å². The van der Waals surface area contributed by atoms with E-state index in [1.165, 1.54) is 6.20 Å². The predicted molar refractivity (Wildman–Crippen MR) is 138 cm³/mol. The number of carbonyl (C=O) groups excluding carboxylic acids is 1. The van der Waals surface area contributed by atoms with Gasteiger partial charge in [-0.2, -0.15) is 9.97 Å². The number of pyridine rings is 1. The van der Waals surface area contributed by atoms with Crippen LogP contribution >= 0.6 is 11.6 Å². The molecule has 0 spiro atoms. The molecule has 9 nitrogen and oxygen atoms in total. The van der Waals surface area contributed by atoms with E-state index < -0.39 is 29.0 Å². The molecule has 4 aliphatic heterocycles. The lowest BCUT2D eigenvalue weighted by Gasteiger charge is -2.42. The average Bonchev–Trinajstić information content (AvgIpc) is 3.43. The van der Waals surface area contributed by atoms with Gasteiger partial charge in [-0.15, -0.1) is 0 Å². The molecule has 2 bridgehead atoms. The van der Waals surface area contributed by atoms with Crippen molar-refractivity contribution in [2.45, 2.75) is 69.2 Å². The Kier molecular flexibility index (Phi) is 6.14. The second-order valence-electron chi connectivity index (χ2n) is 11.8. The summed E-state index contributed by atoms with van der Waals surface area (Å²) >= 11 is 5.97. The number of ether oxygens (including phenoxy) is 2. The molecule has 3 saturated heterocycles. The Hall–Kier alpha value is -2.86. The fourth-order valence-electron chi connectivity index (χ4n) is 6.25. The first-order valence-corrected chi connectivity index (χ1v) is 13.4. The molecule has 0 saturated carbocycles. The van der Waals surface area contributed by atoms with Crippen LogP contribution in [-0.4, -0.2) is 92.8 Å². The summed E-state index contributed by atoms with van der Waals surface area (Å²) in [4.78, 5) is 31.1. The van der Waals surface area contributed by atoms with E-state index in [1.54, 1.807) is 9.80 Å². The number of nitrogens with zero attached hydrogens (tertiary/aromatic N) is 6. The molecule has 13 heteroatoms. The molecule has 6 rings (SSSR count). The Balaban J connectivity index is 1.30. The van der Waals surface area contributed by atoms with Gasteiger partial charge >= 0.3 is 12.1 Å². The van der Waals surface area contributed by atoms with Gasteiger partial charge < -0.3 is 14.4 Å². The van der Waals surface area contributed by atoms with Gasteiger partial charge in [0.25, 0.3) is 5.92 Å². The van der Waals surface area contributed by atoms with Crippen molar-refractivity contribution in [1.82, 2.24) is 24.8 Å². The SMILES string of the molecule is CC(C)(C)OC(=O)N1[C@H]2C=C[C@H]1CN(c1nc(OC[C@@]34CCCN3CC(F)(F)C4)nc3c(F)c(Cl)ncc13)C2. The van der Waals surface area contributed by atoms with Gasteiger partial charge in [0, 0.05) is 25.7 Å². The van der Waals surface area contributed by atoms with E-state index in [1.807, 2.05) is 37.8 Å². The molecule has 2 aromatic rings. The van der Waals surface area contributed by atoms with Crippen molar-refractivity contribution in [1.29, 1.82) is 0 Å². The predicted octanol–water partition coefficient (Wildman–Crippen LogP) is 4.43. The molecule has 4 aliphatic rings. The highest BCUT2D eigenvalue weighted by Crippen LogP contribution is 2.46. The van der Waals surface area contributed by atoms with E-state index in [0.29, 0.717) is 37.3 Å². The molecule has 3 fully saturated rings. The number of carbonyl (C=O) groups is 1. The molecular formula is C26H30ClF3N6O3. The van der Waals surface area contributed by atoms with Crippen molar-refractivity contribution >= 4 is 34.4 Å². The van der Waals surface area contributed by atoms with Crippen LogP contribution in [0.15, 0.2) is 18.3 Å². The zero-order chi connectivity index (χ0) is 27.7. The van der Waals surface area contributed by atoms with E-state index in [0.717, 1.165) is 6.42 Å². The molecule has 6 heterocycles. The first kappa shape index (κ1) is 26.4. The Morgan fingerprint density at radius 3 is 2.62 bits per heavy atom. The van der Waals surface area contributed by atoms with Crippen LogP contribution in [0, 0.1) is 5.82 Å². The number of anilines is 1. The van der Waals surface area contributed by atoms with Gasteiger partial charge in [-0.05, 0) is 40.2 Å². The number of alkyl halides is 2. The van der Waals surface area contributed by atoms with E-state index in [4.69, 9.17) is 21.1 Å². The number of piperazine rings is 1. The number of hydrogen-bond donors (Lipinski definition) is 0. The van der Waals surface area contributed by atoms with Gasteiger partial charge in [-0.25, -0.2) is 22.9 Å². The molecule has 0 unspecified atom stereocenters. The van der Waals surface area contributed by atoms with E-state index in [-0.39, 0.29) is 48.3 Å². The maximum atomic E-state index is 15.1. The van der Waals surface area contributed by atoms with E-state index >= 15 is 4.39 Å². The number of halogens is 4. The third kappa shape index (κ3) is 4.75. The van der Waals surface area contributed by atoms with Crippen molar-refractivity contribution < 1.29 is 27.4 Å². The van der Waals surface area contributed by atoms with Crippen LogP contribution in [-0.2, 0) is 4.74 Å². The van der Waals surface area contributed by atoms with Crippen molar-refractivity contribution in [3.8, 4) is 6.01 Å². The van der Waals surface area contributed by atoms with Crippen molar-refractivity contribution in [2.75, 3.05) is 37.7 Å². The van der Waals surface area contributed by atoms with Gasteiger partial charge in [-0.1, -0.05) is 23.8 Å². The molecule has 0 aromatic carbocycles. The zero-order valence-electron chi connectivity index (χ0n) is 22.0. The normalized spacial score (nSPS) is 27.9. The maximum absolute atomic E-state index is 15.1. The summed E-state index contributed by atoms with van der Waals surface area (Å²) in [5.74, 6) is -3.23. The molecule has 0 radical (unpaired) electrons. The summed E-state index contributed by atoms with van der Waals surface area (Å²) in [6.45, 7) is 6.42. The lowest BCUT2D eigenvalue weighted by atomic mass is 9.94.